The molecule has 0 radical (unpaired) electrons. The summed E-state index contributed by atoms with van der Waals surface area (Å²) in [5, 5.41) is 34.2. The van der Waals surface area contributed by atoms with E-state index in [4.69, 9.17) is 14.2 Å². The van der Waals surface area contributed by atoms with E-state index < -0.39 is 50.9 Å². The third-order valence-corrected chi connectivity index (χ3v) is 37.8. The largest absolute Gasteiger partial charge is 0.465 e. The summed E-state index contributed by atoms with van der Waals surface area (Å²) in [6.07, 6.45) is 38.5. The third kappa shape index (κ3) is 32.8. The van der Waals surface area contributed by atoms with Crippen molar-refractivity contribution in [1.82, 2.24) is 0 Å². The molecule has 4 aromatic rings. The maximum absolute atomic E-state index is 12.2. The van der Waals surface area contributed by atoms with Crippen LogP contribution in [-0.2, 0) is 28.6 Å². The molecular weight excluding hydrogens is 1390 g/mol. The van der Waals surface area contributed by atoms with Crippen LogP contribution in [0, 0.1) is 41.4 Å². The number of esters is 3. The van der Waals surface area contributed by atoms with Gasteiger partial charge in [-0.3, -0.25) is 9.59 Å². The van der Waals surface area contributed by atoms with Crippen molar-refractivity contribution >= 4 is 71.7 Å². The standard InChI is InChI=1S/C27H44O4Si.C27H44O3Si.C23H40O2Si.C17H28Si/c1-6-10-21-12-14-22(15-13-21)23-16-18-24(19-17-23)32(4,5)20-9-11-25(26(28)30-7-2)27(29)31-8-3;1-6-8-22-10-12-24(13-11-22)25-14-16-26(17-15-25)31(4,5)18-7-9-23(19-28)20-30-27(29)21(2)3;1-4-6-19-8-10-21(11-9-19)22-12-14-23(15-13-22)26(2,3)16-5-7-20(17-24)18-25;1-4-5-14-6-8-15(9-7-14)16-10-12-17(13-11-16)18(2)3/h16-19,21-22,25H,6-15,20H2,1-5H3;14-17,22-24,28H,2,6-13,18-20H2,1,3-5H3;12-15,19-21,24-25H,4-11,16-18H2,1-3H3;10-15,18H,4-9H2,1-3H3. The Labute approximate surface area is 659 Å². The van der Waals surface area contributed by atoms with Crippen molar-refractivity contribution < 1.29 is 43.9 Å². The molecule has 1 atom stereocenters. The molecule has 4 fully saturated rings. The maximum Gasteiger partial charge on any atom is 0.333 e. The van der Waals surface area contributed by atoms with Crippen LogP contribution >= 0.6 is 0 Å². The number of rotatable bonds is 38. The molecule has 9 nitrogen and oxygen atoms in total. The van der Waals surface area contributed by atoms with Crippen LogP contribution in [0.1, 0.15) is 287 Å². The van der Waals surface area contributed by atoms with E-state index in [1.54, 1.807) is 42.3 Å². The summed E-state index contributed by atoms with van der Waals surface area (Å²) in [5.74, 6) is 4.98. The molecule has 0 saturated heterocycles. The number of aliphatic hydroxyl groups is 3. The molecule has 13 heteroatoms. The molecule has 4 aliphatic rings. The first-order chi connectivity index (χ1) is 51.3. The van der Waals surface area contributed by atoms with E-state index in [9.17, 15) is 29.7 Å². The van der Waals surface area contributed by atoms with Crippen LogP contribution in [0.3, 0.4) is 0 Å². The minimum atomic E-state index is -1.65. The van der Waals surface area contributed by atoms with E-state index >= 15 is 0 Å². The first kappa shape index (κ1) is 93.4. The summed E-state index contributed by atoms with van der Waals surface area (Å²) in [6, 6.07) is 41.6. The molecule has 8 rings (SSSR count). The first-order valence-corrected chi connectivity index (χ1v) is 56.2. The van der Waals surface area contributed by atoms with E-state index in [2.05, 4.69) is 184 Å². The Hall–Kier alpha value is -4.22. The fourth-order valence-electron chi connectivity index (χ4n) is 18.0. The highest BCUT2D eigenvalue weighted by Crippen LogP contribution is 2.41. The van der Waals surface area contributed by atoms with Crippen LogP contribution in [-0.4, -0.2) is 106 Å². The van der Waals surface area contributed by atoms with Gasteiger partial charge >= 0.3 is 17.9 Å². The Morgan fingerprint density at radius 1 is 0.411 bits per heavy atom. The van der Waals surface area contributed by atoms with Crippen LogP contribution < -0.4 is 20.7 Å². The Kier molecular flexibility index (Phi) is 43.6. The summed E-state index contributed by atoms with van der Waals surface area (Å²) in [7, 11) is -5.21. The van der Waals surface area contributed by atoms with Gasteiger partial charge in [-0.05, 0) is 212 Å². The SMILES string of the molecule is C=C(C)C(=O)OCC(CO)CCC[Si](C)(C)c1ccc(C2CCC(CCC)CC2)cc1.CCCC1CCC(c2ccc([SiH](C)C)cc2)CC1.CCCC1CCC(c2ccc([Si](C)(C)CCCC(C(=O)OCC)C(=O)OCC)cc2)CC1.CCCC1CCC(c2ccc([Si](C)(C)CCCC(CO)CO)cc2)CC1. The monoisotopic (exact) mass is 1540 g/mol. The lowest BCUT2D eigenvalue weighted by Crippen LogP contribution is -2.41. The number of carbonyl (C=O) groups is 3. The molecule has 4 aromatic carbocycles. The Morgan fingerprint density at radius 3 is 0.935 bits per heavy atom. The van der Waals surface area contributed by atoms with Crippen LogP contribution in [0.15, 0.2) is 109 Å². The summed E-state index contributed by atoms with van der Waals surface area (Å²) in [5.41, 5.74) is 6.58. The quantitative estimate of drug-likeness (QED) is 0.0132. The molecule has 0 aromatic heterocycles. The van der Waals surface area contributed by atoms with Crippen LogP contribution in [0.2, 0.25) is 70.5 Å². The smallest absolute Gasteiger partial charge is 0.333 e. The van der Waals surface area contributed by atoms with Crippen molar-refractivity contribution in [2.75, 3.05) is 39.6 Å². The average molecular weight is 1540 g/mol. The van der Waals surface area contributed by atoms with Gasteiger partial charge < -0.3 is 29.5 Å². The molecule has 0 amide bonds. The topological polar surface area (TPSA) is 140 Å². The van der Waals surface area contributed by atoms with E-state index in [0.717, 1.165) is 85.5 Å². The van der Waals surface area contributed by atoms with Gasteiger partial charge in [0.25, 0.3) is 0 Å². The van der Waals surface area contributed by atoms with Gasteiger partial charge in [-0.1, -0.05) is 293 Å². The minimum absolute atomic E-state index is 0.0123. The summed E-state index contributed by atoms with van der Waals surface area (Å²) in [4.78, 5) is 36.0. The van der Waals surface area contributed by atoms with Gasteiger partial charge in [-0.25, -0.2) is 4.79 Å². The number of benzene rings is 4. The van der Waals surface area contributed by atoms with Gasteiger partial charge in [-0.15, -0.1) is 0 Å². The van der Waals surface area contributed by atoms with Gasteiger partial charge in [0.1, 0.15) is 0 Å². The lowest BCUT2D eigenvalue weighted by atomic mass is 9.77. The van der Waals surface area contributed by atoms with Crippen LogP contribution in [0.4, 0.5) is 0 Å². The van der Waals surface area contributed by atoms with E-state index in [-0.39, 0.29) is 57.4 Å². The maximum atomic E-state index is 12.2. The number of hydrogen-bond acceptors (Lipinski definition) is 9. The van der Waals surface area contributed by atoms with E-state index in [1.165, 1.54) is 188 Å². The number of carbonyl (C=O) groups excluding carboxylic acids is 3. The van der Waals surface area contributed by atoms with E-state index in [1.807, 2.05) is 0 Å². The first-order valence-electron chi connectivity index (χ1n) is 43.7. The Balaban J connectivity index is 0.000000260. The molecule has 4 aliphatic carbocycles. The Bertz CT molecular complexity index is 3040. The minimum Gasteiger partial charge on any atom is -0.465 e. The predicted molar refractivity (Wildman–Crippen MR) is 467 cm³/mol. The zero-order chi connectivity index (χ0) is 78.4. The van der Waals surface area contributed by atoms with Crippen molar-refractivity contribution in [3.63, 3.8) is 0 Å². The zero-order valence-corrected chi connectivity index (χ0v) is 74.9. The molecule has 0 aliphatic heterocycles. The second-order valence-electron chi connectivity index (χ2n) is 35.8. The molecule has 3 N–H and O–H groups in total. The zero-order valence-electron chi connectivity index (χ0n) is 70.7. The number of aliphatic hydroxyl groups excluding tert-OH is 3. The van der Waals surface area contributed by atoms with Crippen LogP contribution in [0.25, 0.3) is 0 Å². The molecule has 1 unspecified atom stereocenters. The highest BCUT2D eigenvalue weighted by molar-refractivity contribution is 6.90. The fraction of sp³-hybridized carbons (Fsp3) is 0.691. The fourth-order valence-corrected chi connectivity index (χ4v) is 26.3. The highest BCUT2D eigenvalue weighted by Gasteiger charge is 2.33. The summed E-state index contributed by atoms with van der Waals surface area (Å²) < 4.78 is 15.4. The number of ether oxygens (including phenoxy) is 3. The van der Waals surface area contributed by atoms with Crippen molar-refractivity contribution in [2.45, 2.75) is 335 Å². The second kappa shape index (κ2) is 50.0. The molecule has 4 saturated carbocycles. The second-order valence-corrected chi connectivity index (χ2v) is 53.3. The van der Waals surface area contributed by atoms with Crippen molar-refractivity contribution in [3.8, 4) is 0 Å². The van der Waals surface area contributed by atoms with Gasteiger partial charge in [0.15, 0.2) is 5.92 Å². The lowest BCUT2D eigenvalue weighted by Gasteiger charge is -2.29. The average Bonchev–Trinajstić information content (AvgIpc) is 0.839. The number of hydrogen-bond donors (Lipinski definition) is 3. The molecule has 0 spiro atoms. The molecule has 602 valence electrons. The third-order valence-electron chi connectivity index (χ3n) is 25.6. The van der Waals surface area contributed by atoms with Crippen molar-refractivity contribution in [3.05, 3.63) is 131 Å². The molecule has 107 heavy (non-hydrogen) atoms. The van der Waals surface area contributed by atoms with Gasteiger partial charge in [0, 0.05) is 37.2 Å². The summed E-state index contributed by atoms with van der Waals surface area (Å²) in [6.45, 7) is 38.4. The van der Waals surface area contributed by atoms with Gasteiger partial charge in [0.2, 0.25) is 0 Å². The van der Waals surface area contributed by atoms with Crippen molar-refractivity contribution in [1.29, 1.82) is 0 Å². The van der Waals surface area contributed by atoms with Gasteiger partial charge in [0.05, 0.1) is 52.8 Å². The molecule has 0 heterocycles. The van der Waals surface area contributed by atoms with E-state index in [0.29, 0.717) is 12.0 Å². The van der Waals surface area contributed by atoms with Gasteiger partial charge in [-0.2, -0.15) is 0 Å². The summed E-state index contributed by atoms with van der Waals surface area (Å²) >= 11 is 0. The normalized spacial score (nSPS) is 20.9. The Morgan fingerprint density at radius 2 is 0.682 bits per heavy atom. The lowest BCUT2D eigenvalue weighted by molar-refractivity contribution is -0.162. The molecule has 0 bridgehead atoms. The highest BCUT2D eigenvalue weighted by atomic mass is 28.3. The predicted octanol–water partition coefficient (Wildman–Crippen LogP) is 21.9. The molecular formula is C94H156O9Si4. The van der Waals surface area contributed by atoms with Crippen molar-refractivity contribution in [2.24, 2.45) is 41.4 Å². The van der Waals surface area contributed by atoms with Crippen LogP contribution in [0.5, 0.6) is 0 Å².